The van der Waals surface area contributed by atoms with Crippen LogP contribution in [0.15, 0.2) is 32.7 Å². The fraction of sp³-hybridized carbons (Fsp3) is 0.389. The number of ether oxygens (including phenoxy) is 1. The zero-order valence-electron chi connectivity index (χ0n) is 16.3. The lowest BCUT2D eigenvalue weighted by atomic mass is 10.2. The molecular weight excluding hydrogens is 454 g/mol. The number of aromatic carboxylic acids is 2. The molecule has 0 fully saturated rings. The van der Waals surface area contributed by atoms with Crippen molar-refractivity contribution in [3.8, 4) is 0 Å². The Bertz CT molecular complexity index is 840. The highest BCUT2D eigenvalue weighted by atomic mass is 32.2. The van der Waals surface area contributed by atoms with Crippen molar-refractivity contribution in [3.63, 3.8) is 0 Å². The van der Waals surface area contributed by atoms with Crippen LogP contribution < -0.4 is 5.32 Å². The minimum absolute atomic E-state index is 0.0511. The van der Waals surface area contributed by atoms with Crippen LogP contribution in [0.5, 0.6) is 0 Å². The normalized spacial score (nSPS) is 11.8. The van der Waals surface area contributed by atoms with Crippen LogP contribution in [-0.4, -0.2) is 45.6 Å². The van der Waals surface area contributed by atoms with Gasteiger partial charge in [0.1, 0.15) is 15.4 Å². The van der Waals surface area contributed by atoms with Gasteiger partial charge in [-0.25, -0.2) is 14.4 Å². The van der Waals surface area contributed by atoms with Crippen molar-refractivity contribution in [2.45, 2.75) is 48.3 Å². The third-order valence-corrected chi connectivity index (χ3v) is 6.54. The molecule has 11 heteroatoms. The number of carbonyl (C=O) groups is 3. The summed E-state index contributed by atoms with van der Waals surface area (Å²) in [6.07, 6.45) is -0.464. The molecule has 160 valence electrons. The third-order valence-electron chi connectivity index (χ3n) is 2.92. The molecule has 1 unspecified atom stereocenters. The molecule has 0 aliphatic carbocycles. The van der Waals surface area contributed by atoms with Crippen LogP contribution in [0, 0.1) is 0 Å². The van der Waals surface area contributed by atoms with Crippen molar-refractivity contribution in [2.24, 2.45) is 0 Å². The number of carboxylic acid groups (broad SMARTS) is 2. The summed E-state index contributed by atoms with van der Waals surface area (Å²) in [5.41, 5.74) is -0.524. The van der Waals surface area contributed by atoms with Crippen LogP contribution in [0.3, 0.4) is 0 Å². The highest BCUT2D eigenvalue weighted by Crippen LogP contribution is 2.30. The first-order valence-electron chi connectivity index (χ1n) is 8.34. The quantitative estimate of drug-likeness (QED) is 0.335. The fourth-order valence-corrected chi connectivity index (χ4v) is 4.81. The Hall–Kier alpha value is -1.69. The van der Waals surface area contributed by atoms with Gasteiger partial charge < -0.3 is 20.3 Å². The molecule has 1 atom stereocenters. The maximum absolute atomic E-state index is 11.5. The summed E-state index contributed by atoms with van der Waals surface area (Å²) >= 11 is 7.72. The van der Waals surface area contributed by atoms with Gasteiger partial charge in [0.05, 0.1) is 0 Å². The Balaban J connectivity index is 0.000000387. The second-order valence-corrected chi connectivity index (χ2v) is 10.5. The van der Waals surface area contributed by atoms with Gasteiger partial charge in [0.25, 0.3) is 0 Å². The van der Waals surface area contributed by atoms with Crippen molar-refractivity contribution in [3.05, 3.63) is 32.6 Å². The van der Waals surface area contributed by atoms with Crippen molar-refractivity contribution < 1.29 is 29.3 Å². The van der Waals surface area contributed by atoms with E-state index in [1.807, 2.05) is 6.92 Å². The second kappa shape index (κ2) is 11.5. The number of carbonyl (C=O) groups excluding carboxylic acids is 1. The second-order valence-electron chi connectivity index (χ2n) is 6.67. The van der Waals surface area contributed by atoms with E-state index in [4.69, 9.17) is 14.9 Å². The summed E-state index contributed by atoms with van der Waals surface area (Å²) in [6.45, 7) is 7.74. The number of thioether (sulfide) groups is 1. The number of rotatable bonds is 6. The molecule has 2 aromatic rings. The van der Waals surface area contributed by atoms with E-state index in [1.165, 1.54) is 34.4 Å². The van der Waals surface area contributed by atoms with Crippen LogP contribution in [0.2, 0.25) is 0 Å². The van der Waals surface area contributed by atoms with Crippen molar-refractivity contribution >= 4 is 65.1 Å². The molecule has 2 rings (SSSR count). The topological polar surface area (TPSA) is 113 Å². The van der Waals surface area contributed by atoms with Crippen molar-refractivity contribution in [2.75, 3.05) is 6.54 Å². The SMILES string of the molecule is CC(CNC(=O)OC(C)(C)C)Sc1ccsc1C(=O)O.O=C(O)c1sccc1S. The van der Waals surface area contributed by atoms with Crippen LogP contribution >= 0.6 is 47.1 Å². The lowest BCUT2D eigenvalue weighted by molar-refractivity contribution is 0.0527. The van der Waals surface area contributed by atoms with Gasteiger partial charge in [-0.15, -0.1) is 47.1 Å². The number of thiol groups is 1. The Labute approximate surface area is 186 Å². The molecule has 7 nitrogen and oxygen atoms in total. The fourth-order valence-electron chi connectivity index (χ4n) is 1.81. The van der Waals surface area contributed by atoms with Crippen LogP contribution in [-0.2, 0) is 4.74 Å². The Morgan fingerprint density at radius 1 is 1.14 bits per heavy atom. The van der Waals surface area contributed by atoms with Gasteiger partial charge >= 0.3 is 18.0 Å². The van der Waals surface area contributed by atoms with E-state index >= 15 is 0 Å². The van der Waals surface area contributed by atoms with Crippen LogP contribution in [0.4, 0.5) is 4.79 Å². The summed E-state index contributed by atoms with van der Waals surface area (Å²) < 4.78 is 5.13. The highest BCUT2D eigenvalue weighted by molar-refractivity contribution is 8.00. The Morgan fingerprint density at radius 3 is 2.14 bits per heavy atom. The largest absolute Gasteiger partial charge is 0.477 e. The number of carboxylic acids is 2. The molecule has 0 radical (unpaired) electrons. The Morgan fingerprint density at radius 2 is 1.69 bits per heavy atom. The number of nitrogens with one attached hydrogen (secondary N) is 1. The molecule has 0 spiro atoms. The Kier molecular flexibility index (Phi) is 10.0. The highest BCUT2D eigenvalue weighted by Gasteiger charge is 2.18. The first-order chi connectivity index (χ1) is 13.4. The molecule has 0 aliphatic rings. The van der Waals surface area contributed by atoms with E-state index in [9.17, 15) is 14.4 Å². The average molecular weight is 478 g/mol. The molecule has 2 aromatic heterocycles. The van der Waals surface area contributed by atoms with E-state index in [0.717, 1.165) is 4.90 Å². The van der Waals surface area contributed by atoms with Gasteiger partial charge in [0.2, 0.25) is 0 Å². The summed E-state index contributed by atoms with van der Waals surface area (Å²) in [6, 6.07) is 3.44. The van der Waals surface area contributed by atoms with E-state index in [0.29, 0.717) is 21.2 Å². The summed E-state index contributed by atoms with van der Waals surface area (Å²) in [5, 5.41) is 23.6. The minimum Gasteiger partial charge on any atom is -0.477 e. The summed E-state index contributed by atoms with van der Waals surface area (Å²) in [5.74, 6) is -1.83. The number of alkyl carbamates (subject to hydrolysis) is 1. The standard InChI is InChI=1S/C13H19NO4S2.C5H4O2S2/c1-8(7-14-12(17)18-13(2,3)4)20-9-5-6-19-10(9)11(15)16;6-5(7)4-3(8)1-2-9-4/h5-6,8H,7H2,1-4H3,(H,14,17)(H,15,16);1-2,8H,(H,6,7). The smallest absolute Gasteiger partial charge is 0.407 e. The van der Waals surface area contributed by atoms with Crippen LogP contribution in [0.1, 0.15) is 47.0 Å². The zero-order valence-corrected chi connectivity index (χ0v) is 19.6. The molecule has 0 saturated heterocycles. The predicted octanol–water partition coefficient (Wildman–Crippen LogP) is 5.19. The van der Waals surface area contributed by atoms with E-state index in [1.54, 1.807) is 43.7 Å². The lowest BCUT2D eigenvalue weighted by Gasteiger charge is -2.20. The monoisotopic (exact) mass is 477 g/mol. The van der Waals surface area contributed by atoms with E-state index in [2.05, 4.69) is 17.9 Å². The predicted molar refractivity (Wildman–Crippen MR) is 119 cm³/mol. The molecule has 1 amide bonds. The zero-order chi connectivity index (χ0) is 22.2. The van der Waals surface area contributed by atoms with Crippen molar-refractivity contribution in [1.29, 1.82) is 0 Å². The third kappa shape index (κ3) is 9.57. The van der Waals surface area contributed by atoms with Gasteiger partial charge in [-0.05, 0) is 43.7 Å². The molecule has 2 heterocycles. The minimum atomic E-state index is -0.921. The molecule has 3 N–H and O–H groups in total. The average Bonchev–Trinajstić information content (AvgIpc) is 3.20. The van der Waals surface area contributed by atoms with E-state index < -0.39 is 23.6 Å². The number of hydrogen-bond acceptors (Lipinski definition) is 8. The molecule has 29 heavy (non-hydrogen) atoms. The maximum Gasteiger partial charge on any atom is 0.407 e. The maximum atomic E-state index is 11.5. The number of amides is 1. The summed E-state index contributed by atoms with van der Waals surface area (Å²) in [7, 11) is 0. The van der Waals surface area contributed by atoms with Gasteiger partial charge in [-0.2, -0.15) is 0 Å². The molecule has 0 aromatic carbocycles. The number of thiophene rings is 2. The molecular formula is C18H23NO6S4. The first-order valence-corrected chi connectivity index (χ1v) is 11.4. The lowest BCUT2D eigenvalue weighted by Crippen LogP contribution is -2.35. The molecule has 0 saturated carbocycles. The van der Waals surface area contributed by atoms with Gasteiger partial charge in [-0.1, -0.05) is 6.92 Å². The van der Waals surface area contributed by atoms with Gasteiger partial charge in [0, 0.05) is 21.6 Å². The van der Waals surface area contributed by atoms with E-state index in [-0.39, 0.29) is 5.25 Å². The van der Waals surface area contributed by atoms with Crippen molar-refractivity contribution in [1.82, 2.24) is 5.32 Å². The first kappa shape index (κ1) is 25.3. The molecule has 0 bridgehead atoms. The number of hydrogen-bond donors (Lipinski definition) is 4. The van der Waals surface area contributed by atoms with Crippen LogP contribution in [0.25, 0.3) is 0 Å². The summed E-state index contributed by atoms with van der Waals surface area (Å²) in [4.78, 5) is 34.6. The van der Waals surface area contributed by atoms with Gasteiger partial charge in [-0.3, -0.25) is 0 Å². The molecule has 0 aliphatic heterocycles. The van der Waals surface area contributed by atoms with Gasteiger partial charge in [0.15, 0.2) is 0 Å².